The first-order valence-corrected chi connectivity index (χ1v) is 9.17. The van der Waals surface area contributed by atoms with Gasteiger partial charge in [0.25, 0.3) is 10.0 Å². The molecule has 1 aromatic heterocycles. The summed E-state index contributed by atoms with van der Waals surface area (Å²) in [4.78, 5) is 0.0929. The van der Waals surface area contributed by atoms with Gasteiger partial charge in [-0.25, -0.2) is 12.4 Å². The zero-order chi connectivity index (χ0) is 17.9. The molecule has 3 aromatic rings. The molecule has 0 unspecified atom stereocenters. The first kappa shape index (κ1) is 17.0. The van der Waals surface area contributed by atoms with Crippen molar-refractivity contribution in [2.75, 3.05) is 7.05 Å². The van der Waals surface area contributed by atoms with Crippen LogP contribution in [0.5, 0.6) is 0 Å². The number of benzene rings is 2. The molecule has 5 nitrogen and oxygen atoms in total. The Morgan fingerprint density at radius 2 is 1.84 bits per heavy atom. The molecule has 0 fully saturated rings. The van der Waals surface area contributed by atoms with Crippen molar-refractivity contribution in [1.82, 2.24) is 9.29 Å². The van der Waals surface area contributed by atoms with Gasteiger partial charge in [-0.1, -0.05) is 36.4 Å². The van der Waals surface area contributed by atoms with Crippen molar-refractivity contribution in [2.45, 2.75) is 11.4 Å². The fourth-order valence-electron chi connectivity index (χ4n) is 2.66. The van der Waals surface area contributed by atoms with Crippen molar-refractivity contribution in [3.05, 3.63) is 78.0 Å². The van der Waals surface area contributed by atoms with E-state index in [1.807, 2.05) is 49.5 Å². The minimum absolute atomic E-state index is 0.0929. The largest absolute Gasteiger partial charge is 0.316 e. The van der Waals surface area contributed by atoms with Crippen LogP contribution in [0.15, 0.2) is 71.8 Å². The summed E-state index contributed by atoms with van der Waals surface area (Å²) >= 11 is 0. The highest BCUT2D eigenvalue weighted by atomic mass is 32.2. The third-order valence-corrected chi connectivity index (χ3v) is 5.48. The summed E-state index contributed by atoms with van der Waals surface area (Å²) in [6.07, 6.45) is 1.62. The summed E-state index contributed by atoms with van der Waals surface area (Å²) in [5, 5.41) is 12.1. The molecule has 0 saturated heterocycles. The molecule has 0 aliphatic carbocycles. The van der Waals surface area contributed by atoms with Gasteiger partial charge in [-0.15, -0.1) is 0 Å². The van der Waals surface area contributed by atoms with E-state index in [2.05, 4.69) is 5.32 Å². The second-order valence-corrected chi connectivity index (χ2v) is 7.39. The van der Waals surface area contributed by atoms with E-state index in [9.17, 15) is 8.42 Å². The maximum absolute atomic E-state index is 13.1. The van der Waals surface area contributed by atoms with Gasteiger partial charge in [0.05, 0.1) is 22.2 Å². The van der Waals surface area contributed by atoms with Crippen LogP contribution in [0.3, 0.4) is 0 Å². The molecule has 0 aliphatic heterocycles. The van der Waals surface area contributed by atoms with Gasteiger partial charge in [0, 0.05) is 12.7 Å². The Kier molecular flexibility index (Phi) is 4.70. The molecule has 1 N–H and O–H groups in total. The highest BCUT2D eigenvalue weighted by Crippen LogP contribution is 2.27. The van der Waals surface area contributed by atoms with Crippen LogP contribution in [0, 0.1) is 11.3 Å². The van der Waals surface area contributed by atoms with E-state index < -0.39 is 10.0 Å². The molecule has 0 atom stereocenters. The summed E-state index contributed by atoms with van der Waals surface area (Å²) in [5.41, 5.74) is 2.57. The predicted molar refractivity (Wildman–Crippen MR) is 96.4 cm³/mol. The SMILES string of the molecule is CNCc1cc(-c2ccccc2)n(S(=O)(=O)c2cccc(C#N)c2)c1. The highest BCUT2D eigenvalue weighted by Gasteiger charge is 2.22. The van der Waals surface area contributed by atoms with Crippen LogP contribution in [0.1, 0.15) is 11.1 Å². The van der Waals surface area contributed by atoms with Gasteiger partial charge < -0.3 is 5.32 Å². The van der Waals surface area contributed by atoms with Crippen LogP contribution in [-0.4, -0.2) is 19.4 Å². The Labute approximate surface area is 147 Å². The van der Waals surface area contributed by atoms with Gasteiger partial charge in [-0.3, -0.25) is 0 Å². The van der Waals surface area contributed by atoms with Crippen LogP contribution >= 0.6 is 0 Å². The third kappa shape index (κ3) is 3.33. The van der Waals surface area contributed by atoms with Gasteiger partial charge in [0.2, 0.25) is 0 Å². The first-order chi connectivity index (χ1) is 12.1. The molecule has 0 bridgehead atoms. The highest BCUT2D eigenvalue weighted by molar-refractivity contribution is 7.90. The standard InChI is InChI=1S/C19H17N3O2S/c1-21-13-16-11-19(17-7-3-2-4-8-17)22(14-16)25(23,24)18-9-5-6-15(10-18)12-20/h2-11,14,21H,13H2,1H3. The van der Waals surface area contributed by atoms with E-state index in [-0.39, 0.29) is 4.90 Å². The number of aromatic nitrogens is 1. The Morgan fingerprint density at radius 1 is 1.08 bits per heavy atom. The third-order valence-electron chi connectivity index (χ3n) is 3.81. The minimum atomic E-state index is -3.81. The fourth-order valence-corrected chi connectivity index (χ4v) is 4.10. The molecule has 0 aliphatic rings. The number of hydrogen-bond acceptors (Lipinski definition) is 4. The maximum Gasteiger partial charge on any atom is 0.268 e. The molecule has 1 heterocycles. The average Bonchev–Trinajstić information content (AvgIpc) is 3.08. The van der Waals surface area contributed by atoms with Gasteiger partial charge in [-0.2, -0.15) is 5.26 Å². The summed E-state index contributed by atoms with van der Waals surface area (Å²) in [6.45, 7) is 0.556. The Bertz CT molecular complexity index is 1030. The number of nitriles is 1. The maximum atomic E-state index is 13.1. The molecular weight excluding hydrogens is 334 g/mol. The van der Waals surface area contributed by atoms with E-state index >= 15 is 0 Å². The smallest absolute Gasteiger partial charge is 0.268 e. The first-order valence-electron chi connectivity index (χ1n) is 7.73. The second kappa shape index (κ2) is 6.93. The molecule has 126 valence electrons. The quantitative estimate of drug-likeness (QED) is 0.767. The van der Waals surface area contributed by atoms with Crippen molar-refractivity contribution in [2.24, 2.45) is 0 Å². The molecule has 0 radical (unpaired) electrons. The molecule has 0 saturated carbocycles. The van der Waals surface area contributed by atoms with Crippen molar-refractivity contribution in [3.8, 4) is 17.3 Å². The molecule has 25 heavy (non-hydrogen) atoms. The average molecular weight is 351 g/mol. The molecule has 0 amide bonds. The monoisotopic (exact) mass is 351 g/mol. The summed E-state index contributed by atoms with van der Waals surface area (Å²) in [7, 11) is -2.00. The number of nitrogens with one attached hydrogen (secondary N) is 1. The lowest BCUT2D eigenvalue weighted by molar-refractivity contribution is 0.588. The summed E-state index contributed by atoms with van der Waals surface area (Å²) in [6, 6.07) is 19.3. The number of nitrogens with zero attached hydrogens (tertiary/aromatic N) is 2. The van der Waals surface area contributed by atoms with Crippen LogP contribution in [0.2, 0.25) is 0 Å². The van der Waals surface area contributed by atoms with E-state index in [1.165, 1.54) is 16.1 Å². The van der Waals surface area contributed by atoms with Crippen LogP contribution in [0.25, 0.3) is 11.3 Å². The van der Waals surface area contributed by atoms with Crippen molar-refractivity contribution in [3.63, 3.8) is 0 Å². The summed E-state index contributed by atoms with van der Waals surface area (Å²) in [5.74, 6) is 0. The summed E-state index contributed by atoms with van der Waals surface area (Å²) < 4.78 is 27.6. The normalized spacial score (nSPS) is 11.2. The number of rotatable bonds is 5. The van der Waals surface area contributed by atoms with Crippen LogP contribution < -0.4 is 5.32 Å². The Balaban J connectivity index is 2.19. The lowest BCUT2D eigenvalue weighted by Crippen LogP contribution is -2.13. The zero-order valence-corrected chi connectivity index (χ0v) is 14.5. The van der Waals surface area contributed by atoms with Gasteiger partial charge in [0.1, 0.15) is 0 Å². The lowest BCUT2D eigenvalue weighted by atomic mass is 10.1. The van der Waals surface area contributed by atoms with Crippen molar-refractivity contribution < 1.29 is 8.42 Å². The van der Waals surface area contributed by atoms with E-state index in [0.29, 0.717) is 17.8 Å². The van der Waals surface area contributed by atoms with Crippen LogP contribution in [-0.2, 0) is 16.6 Å². The van der Waals surface area contributed by atoms with Crippen LogP contribution in [0.4, 0.5) is 0 Å². The topological polar surface area (TPSA) is 74.9 Å². The van der Waals surface area contributed by atoms with Gasteiger partial charge in [-0.05, 0) is 42.4 Å². The minimum Gasteiger partial charge on any atom is -0.316 e. The van der Waals surface area contributed by atoms with Crippen molar-refractivity contribution in [1.29, 1.82) is 5.26 Å². The molecule has 3 rings (SSSR count). The van der Waals surface area contributed by atoms with Gasteiger partial charge >= 0.3 is 0 Å². The molecule has 2 aromatic carbocycles. The molecule has 0 spiro atoms. The molecular formula is C19H17N3O2S. The van der Waals surface area contributed by atoms with Gasteiger partial charge in [0.15, 0.2) is 0 Å². The van der Waals surface area contributed by atoms with E-state index in [0.717, 1.165) is 11.1 Å². The molecule has 6 heteroatoms. The zero-order valence-electron chi connectivity index (χ0n) is 13.7. The fraction of sp³-hybridized carbons (Fsp3) is 0.105. The van der Waals surface area contributed by atoms with E-state index in [4.69, 9.17) is 5.26 Å². The number of hydrogen-bond donors (Lipinski definition) is 1. The van der Waals surface area contributed by atoms with Crippen molar-refractivity contribution >= 4 is 10.0 Å². The second-order valence-electron chi connectivity index (χ2n) is 5.57. The van der Waals surface area contributed by atoms with E-state index in [1.54, 1.807) is 18.3 Å². The Hall–Kier alpha value is -2.88. The lowest BCUT2D eigenvalue weighted by Gasteiger charge is -2.11. The Morgan fingerprint density at radius 3 is 2.52 bits per heavy atom. The predicted octanol–water partition coefficient (Wildman–Crippen LogP) is 2.98.